The van der Waals surface area contributed by atoms with E-state index in [0.717, 1.165) is 57.7 Å². The SMILES string of the molecule is CC[C@@H]1[C@H](NC(=O)C2CCN(Cc3ccco3)CC2)[C@@H]2CCO[C@H]12. The summed E-state index contributed by atoms with van der Waals surface area (Å²) in [4.78, 5) is 15.1. The second kappa shape index (κ2) is 6.89. The van der Waals surface area contributed by atoms with Gasteiger partial charge in [-0.3, -0.25) is 9.69 Å². The van der Waals surface area contributed by atoms with E-state index in [0.29, 0.717) is 24.0 Å². The van der Waals surface area contributed by atoms with Gasteiger partial charge in [-0.2, -0.15) is 0 Å². The first-order chi connectivity index (χ1) is 11.8. The van der Waals surface area contributed by atoms with Crippen molar-refractivity contribution >= 4 is 5.91 Å². The van der Waals surface area contributed by atoms with Crippen LogP contribution in [0.4, 0.5) is 0 Å². The van der Waals surface area contributed by atoms with Crippen molar-refractivity contribution in [3.05, 3.63) is 24.2 Å². The highest BCUT2D eigenvalue weighted by molar-refractivity contribution is 5.79. The van der Waals surface area contributed by atoms with Crippen molar-refractivity contribution in [3.63, 3.8) is 0 Å². The fourth-order valence-corrected chi connectivity index (χ4v) is 4.79. The number of likely N-dealkylation sites (tertiary alicyclic amines) is 1. The van der Waals surface area contributed by atoms with E-state index in [2.05, 4.69) is 17.1 Å². The van der Waals surface area contributed by atoms with Gasteiger partial charge < -0.3 is 14.5 Å². The first-order valence-corrected chi connectivity index (χ1v) is 9.43. The molecule has 24 heavy (non-hydrogen) atoms. The first-order valence-electron chi connectivity index (χ1n) is 9.43. The Balaban J connectivity index is 1.26. The molecule has 0 radical (unpaired) electrons. The number of nitrogens with one attached hydrogen (secondary N) is 1. The van der Waals surface area contributed by atoms with Crippen LogP contribution in [-0.4, -0.2) is 42.6 Å². The fraction of sp³-hybridized carbons (Fsp3) is 0.737. The van der Waals surface area contributed by atoms with Crippen LogP contribution in [0.5, 0.6) is 0 Å². The molecule has 132 valence electrons. The van der Waals surface area contributed by atoms with Crippen LogP contribution in [-0.2, 0) is 16.1 Å². The summed E-state index contributed by atoms with van der Waals surface area (Å²) in [6.07, 6.45) is 6.21. The van der Waals surface area contributed by atoms with Crippen molar-refractivity contribution in [1.82, 2.24) is 10.2 Å². The van der Waals surface area contributed by atoms with E-state index < -0.39 is 0 Å². The highest BCUT2D eigenvalue weighted by Crippen LogP contribution is 2.45. The number of fused-ring (bicyclic) bond motifs is 1. The standard InChI is InChI=1S/C19H28N2O3/c1-2-15-17(16-7-11-24-18(15)16)20-19(22)13-5-8-21(9-6-13)12-14-4-3-10-23-14/h3-4,10,13,15-18H,2,5-9,11-12H2,1H3,(H,20,22)/t15-,16+,17+,18-/m1/s1. The van der Waals surface area contributed by atoms with Gasteiger partial charge in [0.25, 0.3) is 0 Å². The van der Waals surface area contributed by atoms with Crippen LogP contribution in [0.2, 0.25) is 0 Å². The summed E-state index contributed by atoms with van der Waals surface area (Å²) in [6, 6.07) is 4.29. The summed E-state index contributed by atoms with van der Waals surface area (Å²) < 4.78 is 11.2. The average molecular weight is 332 g/mol. The smallest absolute Gasteiger partial charge is 0.223 e. The third kappa shape index (κ3) is 3.00. The van der Waals surface area contributed by atoms with Crippen LogP contribution >= 0.6 is 0 Å². The maximum atomic E-state index is 12.7. The summed E-state index contributed by atoms with van der Waals surface area (Å²) >= 11 is 0. The predicted octanol–water partition coefficient (Wildman–Crippen LogP) is 2.42. The number of furan rings is 1. The molecule has 1 saturated carbocycles. The lowest BCUT2D eigenvalue weighted by Gasteiger charge is -2.48. The molecule has 5 heteroatoms. The Morgan fingerprint density at radius 2 is 2.17 bits per heavy atom. The number of amides is 1. The maximum Gasteiger partial charge on any atom is 0.223 e. The van der Waals surface area contributed by atoms with E-state index in [-0.39, 0.29) is 11.8 Å². The van der Waals surface area contributed by atoms with Gasteiger partial charge in [0.15, 0.2) is 0 Å². The monoisotopic (exact) mass is 332 g/mol. The van der Waals surface area contributed by atoms with Crippen LogP contribution in [0.15, 0.2) is 22.8 Å². The second-order valence-electron chi connectivity index (χ2n) is 7.52. The number of hydrogen-bond acceptors (Lipinski definition) is 4. The van der Waals surface area contributed by atoms with Gasteiger partial charge in [-0.1, -0.05) is 6.92 Å². The predicted molar refractivity (Wildman–Crippen MR) is 90.3 cm³/mol. The van der Waals surface area contributed by atoms with E-state index in [1.54, 1.807) is 6.26 Å². The molecule has 1 aliphatic carbocycles. The largest absolute Gasteiger partial charge is 0.468 e. The van der Waals surface area contributed by atoms with Crippen molar-refractivity contribution in [1.29, 1.82) is 0 Å². The summed E-state index contributed by atoms with van der Waals surface area (Å²) in [5.41, 5.74) is 0. The van der Waals surface area contributed by atoms with Crippen molar-refractivity contribution in [2.24, 2.45) is 17.8 Å². The number of ether oxygens (including phenoxy) is 1. The molecule has 1 aromatic rings. The summed E-state index contributed by atoms with van der Waals surface area (Å²) in [5, 5.41) is 3.36. The number of hydrogen-bond donors (Lipinski definition) is 1. The molecule has 3 fully saturated rings. The van der Waals surface area contributed by atoms with Crippen LogP contribution < -0.4 is 5.32 Å². The lowest BCUT2D eigenvalue weighted by Crippen LogP contribution is -2.62. The minimum atomic E-state index is 0.164. The van der Waals surface area contributed by atoms with Crippen molar-refractivity contribution in [2.75, 3.05) is 19.7 Å². The molecule has 4 atom stereocenters. The molecule has 1 aromatic heterocycles. The molecule has 3 aliphatic rings. The van der Waals surface area contributed by atoms with Gasteiger partial charge in [-0.15, -0.1) is 0 Å². The fourth-order valence-electron chi connectivity index (χ4n) is 4.79. The Labute approximate surface area is 143 Å². The van der Waals surface area contributed by atoms with E-state index in [9.17, 15) is 4.79 Å². The van der Waals surface area contributed by atoms with Crippen LogP contribution in [0.25, 0.3) is 0 Å². The van der Waals surface area contributed by atoms with Crippen LogP contribution in [0.1, 0.15) is 38.4 Å². The zero-order valence-electron chi connectivity index (χ0n) is 14.4. The molecular formula is C19H28N2O3. The zero-order chi connectivity index (χ0) is 16.5. The quantitative estimate of drug-likeness (QED) is 0.900. The van der Waals surface area contributed by atoms with Crippen molar-refractivity contribution < 1.29 is 13.9 Å². The number of piperidine rings is 1. The third-order valence-corrected chi connectivity index (χ3v) is 6.23. The molecule has 3 heterocycles. The Morgan fingerprint density at radius 3 is 2.88 bits per heavy atom. The molecule has 1 amide bonds. The third-order valence-electron chi connectivity index (χ3n) is 6.23. The van der Waals surface area contributed by atoms with Crippen molar-refractivity contribution in [2.45, 2.75) is 51.3 Å². The summed E-state index contributed by atoms with van der Waals surface area (Å²) in [5.74, 6) is 2.50. The second-order valence-corrected chi connectivity index (χ2v) is 7.52. The van der Waals surface area contributed by atoms with Gasteiger partial charge in [0.05, 0.1) is 18.9 Å². The maximum absolute atomic E-state index is 12.7. The molecule has 2 saturated heterocycles. The summed E-state index contributed by atoms with van der Waals surface area (Å²) in [6.45, 7) is 5.85. The Morgan fingerprint density at radius 1 is 1.33 bits per heavy atom. The highest BCUT2D eigenvalue weighted by Gasteiger charge is 2.53. The first kappa shape index (κ1) is 16.2. The minimum Gasteiger partial charge on any atom is -0.468 e. The van der Waals surface area contributed by atoms with Crippen LogP contribution in [0, 0.1) is 17.8 Å². The molecule has 2 aliphatic heterocycles. The van der Waals surface area contributed by atoms with E-state index >= 15 is 0 Å². The number of carbonyl (C=O) groups is 1. The van der Waals surface area contributed by atoms with E-state index in [1.165, 1.54) is 0 Å². The molecule has 0 bridgehead atoms. The van der Waals surface area contributed by atoms with Crippen molar-refractivity contribution in [3.8, 4) is 0 Å². The van der Waals surface area contributed by atoms with E-state index in [4.69, 9.17) is 9.15 Å². The van der Waals surface area contributed by atoms with Gasteiger partial charge in [0.2, 0.25) is 5.91 Å². The van der Waals surface area contributed by atoms with Gasteiger partial charge in [0.1, 0.15) is 5.76 Å². The normalized spacial score (nSPS) is 33.9. The topological polar surface area (TPSA) is 54.7 Å². The molecule has 0 spiro atoms. The highest BCUT2D eigenvalue weighted by atomic mass is 16.5. The Bertz CT molecular complexity index is 551. The average Bonchev–Trinajstić information content (AvgIpc) is 3.24. The molecule has 5 nitrogen and oxygen atoms in total. The Kier molecular flexibility index (Phi) is 4.63. The van der Waals surface area contributed by atoms with Gasteiger partial charge >= 0.3 is 0 Å². The number of carbonyl (C=O) groups excluding carboxylic acids is 1. The minimum absolute atomic E-state index is 0.164. The van der Waals surface area contributed by atoms with Gasteiger partial charge in [0, 0.05) is 30.4 Å². The number of nitrogens with zero attached hydrogens (tertiary/aromatic N) is 1. The Hall–Kier alpha value is -1.33. The number of rotatable bonds is 5. The molecule has 1 N–H and O–H groups in total. The zero-order valence-corrected chi connectivity index (χ0v) is 14.4. The molecule has 4 rings (SSSR count). The lowest BCUT2D eigenvalue weighted by molar-refractivity contribution is -0.132. The van der Waals surface area contributed by atoms with Gasteiger partial charge in [-0.25, -0.2) is 0 Å². The van der Waals surface area contributed by atoms with E-state index in [1.807, 2.05) is 12.1 Å². The summed E-state index contributed by atoms with van der Waals surface area (Å²) in [7, 11) is 0. The van der Waals surface area contributed by atoms with Gasteiger partial charge in [-0.05, 0) is 50.9 Å². The molecule has 0 unspecified atom stereocenters. The lowest BCUT2D eigenvalue weighted by atomic mass is 9.65. The molecular weight excluding hydrogens is 304 g/mol. The van der Waals surface area contributed by atoms with Crippen LogP contribution in [0.3, 0.4) is 0 Å². The molecule has 0 aromatic carbocycles.